The van der Waals surface area contributed by atoms with Crippen LogP contribution in [-0.4, -0.2) is 11.7 Å². The third kappa shape index (κ3) is 1.39. The van der Waals surface area contributed by atoms with Crippen molar-refractivity contribution in [2.75, 3.05) is 7.11 Å². The summed E-state index contributed by atoms with van der Waals surface area (Å²) < 4.78 is 7.20. The number of fused-ring (bicyclic) bond motifs is 1. The molecule has 4 heteroatoms. The number of benzene rings is 1. The van der Waals surface area contributed by atoms with Crippen LogP contribution >= 0.6 is 11.6 Å². The summed E-state index contributed by atoms with van der Waals surface area (Å²) in [6, 6.07) is 5.86. The highest BCUT2D eigenvalue weighted by Gasteiger charge is 2.14. The van der Waals surface area contributed by atoms with Gasteiger partial charge in [-0.15, -0.1) is 0 Å². The molecule has 1 aromatic carbocycles. The molecule has 2 rings (SSSR count). The number of methoxy groups -OCH3 is 1. The molecule has 15 heavy (non-hydrogen) atoms. The maximum absolute atomic E-state index is 6.19. The summed E-state index contributed by atoms with van der Waals surface area (Å²) in [6.07, 6.45) is 0. The molecule has 0 spiro atoms. The zero-order chi connectivity index (χ0) is 11.0. The minimum atomic E-state index is 0.434. The van der Waals surface area contributed by atoms with E-state index in [0.717, 1.165) is 22.2 Å². The summed E-state index contributed by atoms with van der Waals surface area (Å²) in [5.74, 6) is 0.816. The van der Waals surface area contributed by atoms with Gasteiger partial charge in [0.1, 0.15) is 10.9 Å². The molecule has 1 aromatic heterocycles. The molecule has 80 valence electrons. The Labute approximate surface area is 93.4 Å². The maximum atomic E-state index is 6.19. The first-order valence-electron chi connectivity index (χ1n) is 4.70. The predicted octanol–water partition coefficient (Wildman–Crippen LogP) is 2.30. The highest BCUT2D eigenvalue weighted by atomic mass is 35.5. The smallest absolute Gasteiger partial charge is 0.143 e. The molecule has 1 heterocycles. The second-order valence-corrected chi connectivity index (χ2v) is 3.75. The van der Waals surface area contributed by atoms with E-state index in [2.05, 4.69) is 0 Å². The molecular weight excluding hydrogens is 212 g/mol. The Morgan fingerprint density at radius 2 is 2.20 bits per heavy atom. The highest BCUT2D eigenvalue weighted by Crippen LogP contribution is 2.34. The maximum Gasteiger partial charge on any atom is 0.143 e. The Balaban J connectivity index is 2.89. The highest BCUT2D eigenvalue weighted by molar-refractivity contribution is 6.32. The van der Waals surface area contributed by atoms with Crippen LogP contribution in [0.4, 0.5) is 0 Å². The summed E-state index contributed by atoms with van der Waals surface area (Å²) in [4.78, 5) is 0. The van der Waals surface area contributed by atoms with Crippen LogP contribution in [0.3, 0.4) is 0 Å². The van der Waals surface area contributed by atoms with E-state index in [1.54, 1.807) is 7.11 Å². The van der Waals surface area contributed by atoms with Gasteiger partial charge in [0.15, 0.2) is 0 Å². The van der Waals surface area contributed by atoms with Crippen LogP contribution in [0, 0.1) is 0 Å². The minimum absolute atomic E-state index is 0.434. The van der Waals surface area contributed by atoms with E-state index in [-0.39, 0.29) is 0 Å². The molecule has 0 radical (unpaired) electrons. The molecule has 2 aromatic rings. The van der Waals surface area contributed by atoms with Crippen LogP contribution in [-0.2, 0) is 13.6 Å². The first-order chi connectivity index (χ1) is 7.20. The largest absolute Gasteiger partial charge is 0.495 e. The van der Waals surface area contributed by atoms with Gasteiger partial charge in [0.25, 0.3) is 0 Å². The lowest BCUT2D eigenvalue weighted by Crippen LogP contribution is -1.96. The van der Waals surface area contributed by atoms with Crippen molar-refractivity contribution in [1.82, 2.24) is 4.57 Å². The zero-order valence-corrected chi connectivity index (χ0v) is 9.51. The van der Waals surface area contributed by atoms with Crippen molar-refractivity contribution in [1.29, 1.82) is 0 Å². The summed E-state index contributed by atoms with van der Waals surface area (Å²) in [5.41, 5.74) is 7.64. The number of halogens is 1. The Morgan fingerprint density at radius 3 is 2.80 bits per heavy atom. The SMILES string of the molecule is COc1cccc2c(CN)c(Cl)n(C)c12. The monoisotopic (exact) mass is 224 g/mol. The third-order valence-electron chi connectivity index (χ3n) is 2.63. The van der Waals surface area contributed by atoms with Crippen molar-refractivity contribution in [2.24, 2.45) is 12.8 Å². The van der Waals surface area contributed by atoms with Crippen molar-refractivity contribution in [3.05, 3.63) is 28.9 Å². The predicted molar refractivity (Wildman–Crippen MR) is 62.4 cm³/mol. The van der Waals surface area contributed by atoms with Crippen LogP contribution in [0.2, 0.25) is 5.15 Å². The molecular formula is C11H13ClN2O. The van der Waals surface area contributed by atoms with Gasteiger partial charge in [-0.1, -0.05) is 23.7 Å². The number of aromatic nitrogens is 1. The molecule has 0 amide bonds. The van der Waals surface area contributed by atoms with Gasteiger partial charge >= 0.3 is 0 Å². The first-order valence-corrected chi connectivity index (χ1v) is 5.08. The second-order valence-electron chi connectivity index (χ2n) is 3.39. The normalized spacial score (nSPS) is 10.9. The lowest BCUT2D eigenvalue weighted by Gasteiger charge is -2.04. The van der Waals surface area contributed by atoms with Gasteiger partial charge < -0.3 is 15.0 Å². The van der Waals surface area contributed by atoms with Gasteiger partial charge in [-0.3, -0.25) is 0 Å². The Bertz CT molecular complexity index is 505. The molecule has 0 aliphatic heterocycles. The van der Waals surface area contributed by atoms with Gasteiger partial charge in [0.2, 0.25) is 0 Å². The van der Waals surface area contributed by atoms with E-state index in [4.69, 9.17) is 22.1 Å². The van der Waals surface area contributed by atoms with E-state index < -0.39 is 0 Å². The first kappa shape index (κ1) is 10.3. The van der Waals surface area contributed by atoms with Crippen LogP contribution in [0.1, 0.15) is 5.56 Å². The number of nitrogens with two attached hydrogens (primary N) is 1. The fourth-order valence-electron chi connectivity index (χ4n) is 1.88. The van der Waals surface area contributed by atoms with E-state index in [0.29, 0.717) is 11.7 Å². The number of hydrogen-bond donors (Lipinski definition) is 1. The van der Waals surface area contributed by atoms with Gasteiger partial charge in [0, 0.05) is 24.5 Å². The van der Waals surface area contributed by atoms with Crippen LogP contribution in [0.15, 0.2) is 18.2 Å². The molecule has 0 saturated heterocycles. The van der Waals surface area contributed by atoms with Crippen molar-refractivity contribution in [2.45, 2.75) is 6.54 Å². The van der Waals surface area contributed by atoms with Gasteiger partial charge in [-0.2, -0.15) is 0 Å². The Morgan fingerprint density at radius 1 is 1.47 bits per heavy atom. The molecule has 0 atom stereocenters. The number of para-hydroxylation sites is 1. The summed E-state index contributed by atoms with van der Waals surface area (Å²) in [7, 11) is 3.56. The molecule has 0 fully saturated rings. The number of ether oxygens (including phenoxy) is 1. The number of aryl methyl sites for hydroxylation is 1. The average Bonchev–Trinajstić information content (AvgIpc) is 2.51. The van der Waals surface area contributed by atoms with Crippen LogP contribution < -0.4 is 10.5 Å². The molecule has 0 unspecified atom stereocenters. The van der Waals surface area contributed by atoms with Gasteiger partial charge in [0.05, 0.1) is 12.6 Å². The van der Waals surface area contributed by atoms with E-state index in [1.807, 2.05) is 29.8 Å². The fourth-order valence-corrected chi connectivity index (χ4v) is 2.15. The van der Waals surface area contributed by atoms with Gasteiger partial charge in [-0.25, -0.2) is 0 Å². The minimum Gasteiger partial charge on any atom is -0.495 e. The van der Waals surface area contributed by atoms with E-state index in [9.17, 15) is 0 Å². The lowest BCUT2D eigenvalue weighted by molar-refractivity contribution is 0.418. The Hall–Kier alpha value is -1.19. The molecule has 0 bridgehead atoms. The van der Waals surface area contributed by atoms with Gasteiger partial charge in [-0.05, 0) is 6.07 Å². The number of hydrogen-bond acceptors (Lipinski definition) is 2. The van der Waals surface area contributed by atoms with Crippen LogP contribution in [0.5, 0.6) is 5.75 Å². The second kappa shape index (κ2) is 3.76. The van der Waals surface area contributed by atoms with Crippen molar-refractivity contribution in [3.63, 3.8) is 0 Å². The summed E-state index contributed by atoms with van der Waals surface area (Å²) >= 11 is 6.19. The van der Waals surface area contributed by atoms with Crippen molar-refractivity contribution < 1.29 is 4.74 Å². The third-order valence-corrected chi connectivity index (χ3v) is 3.11. The lowest BCUT2D eigenvalue weighted by atomic mass is 10.1. The number of rotatable bonds is 2. The summed E-state index contributed by atoms with van der Waals surface area (Å²) in [6.45, 7) is 0.434. The zero-order valence-electron chi connectivity index (χ0n) is 8.75. The number of nitrogens with zero attached hydrogens (tertiary/aromatic N) is 1. The molecule has 2 N–H and O–H groups in total. The molecule has 0 aliphatic rings. The van der Waals surface area contributed by atoms with Crippen molar-refractivity contribution in [3.8, 4) is 5.75 Å². The molecule has 0 aliphatic carbocycles. The van der Waals surface area contributed by atoms with Crippen molar-refractivity contribution >= 4 is 22.5 Å². The molecule has 0 saturated carbocycles. The van der Waals surface area contributed by atoms with E-state index >= 15 is 0 Å². The Kier molecular flexibility index (Phi) is 2.59. The quantitative estimate of drug-likeness (QED) is 0.851. The summed E-state index contributed by atoms with van der Waals surface area (Å²) in [5, 5.41) is 1.74. The standard InChI is InChI=1S/C11H13ClN2O/c1-14-10-7(8(6-13)11(14)12)4-3-5-9(10)15-2/h3-5H,6,13H2,1-2H3. The molecule has 3 nitrogen and oxygen atoms in total. The van der Waals surface area contributed by atoms with E-state index in [1.165, 1.54) is 0 Å². The topological polar surface area (TPSA) is 40.2 Å². The fraction of sp³-hybridized carbons (Fsp3) is 0.273. The average molecular weight is 225 g/mol. The van der Waals surface area contributed by atoms with Crippen LogP contribution in [0.25, 0.3) is 10.9 Å².